The van der Waals surface area contributed by atoms with Crippen molar-refractivity contribution in [2.75, 3.05) is 39.3 Å². The predicted octanol–water partition coefficient (Wildman–Crippen LogP) is 0.652. The highest BCUT2D eigenvalue weighted by Gasteiger charge is 2.29. The van der Waals surface area contributed by atoms with Crippen LogP contribution in [0.3, 0.4) is 0 Å². The van der Waals surface area contributed by atoms with Crippen LogP contribution in [0.15, 0.2) is 0 Å². The molecular weight excluding hydrogens is 270 g/mol. The number of piperazine rings is 1. The molecule has 0 aliphatic carbocycles. The van der Waals surface area contributed by atoms with Gasteiger partial charge in [0.25, 0.3) is 0 Å². The maximum Gasteiger partial charge on any atom is 0.317 e. The fraction of sp³-hybridized carbons (Fsp3) is 0.933. The Morgan fingerprint density at radius 1 is 1.48 bits per heavy atom. The van der Waals surface area contributed by atoms with Crippen molar-refractivity contribution in [1.29, 1.82) is 0 Å². The van der Waals surface area contributed by atoms with Crippen molar-refractivity contribution < 1.29 is 14.6 Å². The molecule has 2 amide bonds. The van der Waals surface area contributed by atoms with Crippen molar-refractivity contribution in [3.05, 3.63) is 0 Å². The molecule has 6 heteroatoms. The SMILES string of the molecule is CC[C@@H]1CN(C(=O)NC[C@@H]2CCCO2)CCN1C[C@@H](C)O. The van der Waals surface area contributed by atoms with Gasteiger partial charge in [0.2, 0.25) is 0 Å². The molecule has 2 N–H and O–H groups in total. The third kappa shape index (κ3) is 4.83. The van der Waals surface area contributed by atoms with Gasteiger partial charge in [-0.15, -0.1) is 0 Å². The highest BCUT2D eigenvalue weighted by atomic mass is 16.5. The summed E-state index contributed by atoms with van der Waals surface area (Å²) in [5, 5.41) is 12.5. The topological polar surface area (TPSA) is 65.0 Å². The Bertz CT molecular complexity index is 332. The van der Waals surface area contributed by atoms with Gasteiger partial charge in [0, 0.05) is 45.4 Å². The normalized spacial score (nSPS) is 28.6. The molecular formula is C15H29N3O3. The van der Waals surface area contributed by atoms with Crippen molar-refractivity contribution >= 4 is 6.03 Å². The molecule has 3 atom stereocenters. The first-order valence-corrected chi connectivity index (χ1v) is 8.16. The first-order valence-electron chi connectivity index (χ1n) is 8.16. The van der Waals surface area contributed by atoms with E-state index in [2.05, 4.69) is 17.1 Å². The third-order valence-corrected chi connectivity index (χ3v) is 4.37. The Balaban J connectivity index is 1.77. The zero-order valence-electron chi connectivity index (χ0n) is 13.3. The lowest BCUT2D eigenvalue weighted by molar-refractivity contribution is 0.0471. The van der Waals surface area contributed by atoms with Crippen LogP contribution in [0.2, 0.25) is 0 Å². The van der Waals surface area contributed by atoms with Crippen molar-refractivity contribution in [3.8, 4) is 0 Å². The Morgan fingerprint density at radius 3 is 2.90 bits per heavy atom. The molecule has 0 aromatic heterocycles. The molecule has 0 aromatic rings. The lowest BCUT2D eigenvalue weighted by atomic mass is 10.1. The van der Waals surface area contributed by atoms with E-state index >= 15 is 0 Å². The van der Waals surface area contributed by atoms with Crippen molar-refractivity contribution in [2.24, 2.45) is 0 Å². The Morgan fingerprint density at radius 2 is 2.29 bits per heavy atom. The van der Waals surface area contributed by atoms with E-state index in [1.807, 2.05) is 11.8 Å². The molecule has 0 bridgehead atoms. The summed E-state index contributed by atoms with van der Waals surface area (Å²) in [6.45, 7) is 8.35. The quantitative estimate of drug-likeness (QED) is 0.782. The summed E-state index contributed by atoms with van der Waals surface area (Å²) in [4.78, 5) is 16.4. The summed E-state index contributed by atoms with van der Waals surface area (Å²) in [6, 6.07) is 0.350. The van der Waals surface area contributed by atoms with Crippen molar-refractivity contribution in [1.82, 2.24) is 15.1 Å². The highest BCUT2D eigenvalue weighted by Crippen LogP contribution is 2.14. The van der Waals surface area contributed by atoms with Crippen LogP contribution >= 0.6 is 0 Å². The monoisotopic (exact) mass is 299 g/mol. The van der Waals surface area contributed by atoms with Crippen LogP contribution in [0.25, 0.3) is 0 Å². The van der Waals surface area contributed by atoms with Gasteiger partial charge in [0.1, 0.15) is 0 Å². The fourth-order valence-corrected chi connectivity index (χ4v) is 3.16. The summed E-state index contributed by atoms with van der Waals surface area (Å²) in [7, 11) is 0. The average molecular weight is 299 g/mol. The zero-order chi connectivity index (χ0) is 15.2. The number of carbonyl (C=O) groups excluding carboxylic acids is 1. The number of carbonyl (C=O) groups is 1. The number of aliphatic hydroxyl groups excluding tert-OH is 1. The molecule has 21 heavy (non-hydrogen) atoms. The van der Waals surface area contributed by atoms with Crippen LogP contribution in [0.1, 0.15) is 33.1 Å². The van der Waals surface area contributed by atoms with Gasteiger partial charge in [0.05, 0.1) is 12.2 Å². The molecule has 0 radical (unpaired) electrons. The number of nitrogens with zero attached hydrogens (tertiary/aromatic N) is 2. The molecule has 0 unspecified atom stereocenters. The number of hydrogen-bond acceptors (Lipinski definition) is 4. The van der Waals surface area contributed by atoms with Crippen LogP contribution < -0.4 is 5.32 Å². The molecule has 2 saturated heterocycles. The number of hydrogen-bond donors (Lipinski definition) is 2. The van der Waals surface area contributed by atoms with E-state index in [1.54, 1.807) is 0 Å². The molecule has 122 valence electrons. The number of urea groups is 1. The molecule has 0 aromatic carbocycles. The first-order chi connectivity index (χ1) is 10.1. The van der Waals surface area contributed by atoms with Gasteiger partial charge in [-0.1, -0.05) is 6.92 Å². The first kappa shape index (κ1) is 16.5. The minimum absolute atomic E-state index is 0.0145. The van der Waals surface area contributed by atoms with Crippen LogP contribution in [0.4, 0.5) is 4.79 Å². The van der Waals surface area contributed by atoms with E-state index in [1.165, 1.54) is 0 Å². The molecule has 6 nitrogen and oxygen atoms in total. The van der Waals surface area contributed by atoms with Gasteiger partial charge in [-0.25, -0.2) is 4.79 Å². The highest BCUT2D eigenvalue weighted by molar-refractivity contribution is 5.74. The minimum Gasteiger partial charge on any atom is -0.392 e. The number of nitrogens with one attached hydrogen (secondary N) is 1. The van der Waals surface area contributed by atoms with E-state index in [0.717, 1.165) is 45.5 Å². The maximum absolute atomic E-state index is 12.2. The fourth-order valence-electron chi connectivity index (χ4n) is 3.16. The second-order valence-electron chi connectivity index (χ2n) is 6.17. The largest absolute Gasteiger partial charge is 0.392 e. The summed E-state index contributed by atoms with van der Waals surface area (Å²) in [5.41, 5.74) is 0. The van der Waals surface area contributed by atoms with Gasteiger partial charge in [0.15, 0.2) is 0 Å². The van der Waals surface area contributed by atoms with E-state index in [-0.39, 0.29) is 18.2 Å². The lowest BCUT2D eigenvalue weighted by Crippen LogP contribution is -2.58. The second kappa shape index (κ2) is 7.96. The summed E-state index contributed by atoms with van der Waals surface area (Å²) >= 11 is 0. The van der Waals surface area contributed by atoms with Gasteiger partial charge in [-0.3, -0.25) is 4.90 Å². The van der Waals surface area contributed by atoms with Gasteiger partial charge in [-0.2, -0.15) is 0 Å². The average Bonchev–Trinajstić information content (AvgIpc) is 2.98. The van der Waals surface area contributed by atoms with E-state index in [4.69, 9.17) is 4.74 Å². The van der Waals surface area contributed by atoms with E-state index < -0.39 is 0 Å². The van der Waals surface area contributed by atoms with Crippen LogP contribution in [0, 0.1) is 0 Å². The van der Waals surface area contributed by atoms with Gasteiger partial charge in [-0.05, 0) is 26.2 Å². The van der Waals surface area contributed by atoms with E-state index in [0.29, 0.717) is 19.1 Å². The summed E-state index contributed by atoms with van der Waals surface area (Å²) in [6.07, 6.45) is 2.99. The standard InChI is InChI=1S/C15H29N3O3/c1-3-13-11-18(7-6-17(13)10-12(2)19)15(20)16-9-14-5-4-8-21-14/h12-14,19H,3-11H2,1-2H3,(H,16,20)/t12-,13-,14+/m1/s1. The summed E-state index contributed by atoms with van der Waals surface area (Å²) in [5.74, 6) is 0. The van der Waals surface area contributed by atoms with Crippen molar-refractivity contribution in [2.45, 2.75) is 51.4 Å². The smallest absolute Gasteiger partial charge is 0.317 e. The van der Waals surface area contributed by atoms with E-state index in [9.17, 15) is 9.90 Å². The molecule has 2 heterocycles. The van der Waals surface area contributed by atoms with Crippen LogP contribution in [0.5, 0.6) is 0 Å². The van der Waals surface area contributed by atoms with Gasteiger partial charge >= 0.3 is 6.03 Å². The molecule has 2 aliphatic rings. The maximum atomic E-state index is 12.2. The van der Waals surface area contributed by atoms with Crippen LogP contribution in [-0.2, 0) is 4.74 Å². The Kier molecular flexibility index (Phi) is 6.26. The molecule has 2 fully saturated rings. The molecule has 2 rings (SSSR count). The Labute approximate surface area is 127 Å². The number of rotatable bonds is 5. The molecule has 2 aliphatic heterocycles. The predicted molar refractivity (Wildman–Crippen MR) is 81.3 cm³/mol. The van der Waals surface area contributed by atoms with Crippen molar-refractivity contribution in [3.63, 3.8) is 0 Å². The minimum atomic E-state index is -0.320. The number of ether oxygens (including phenoxy) is 1. The lowest BCUT2D eigenvalue weighted by Gasteiger charge is -2.41. The molecule has 0 saturated carbocycles. The number of aliphatic hydroxyl groups is 1. The summed E-state index contributed by atoms with van der Waals surface area (Å²) < 4.78 is 5.52. The number of β-amino-alcohol motifs (C(OH)–C–C–N with tert-alkyl or cyclic N) is 1. The third-order valence-electron chi connectivity index (χ3n) is 4.37. The number of amides is 2. The zero-order valence-corrected chi connectivity index (χ0v) is 13.3. The molecule has 0 spiro atoms. The second-order valence-corrected chi connectivity index (χ2v) is 6.17. The Hall–Kier alpha value is -0.850. The van der Waals surface area contributed by atoms with Crippen LogP contribution in [-0.4, -0.2) is 78.5 Å². The van der Waals surface area contributed by atoms with Gasteiger partial charge < -0.3 is 20.1 Å².